The van der Waals surface area contributed by atoms with Crippen LogP contribution in [0.15, 0.2) is 23.0 Å². The predicted molar refractivity (Wildman–Crippen MR) is 95.4 cm³/mol. The van der Waals surface area contributed by atoms with E-state index < -0.39 is 0 Å². The van der Waals surface area contributed by atoms with Gasteiger partial charge in [0.15, 0.2) is 0 Å². The smallest absolute Gasteiger partial charge is 0.260 e. The lowest BCUT2D eigenvalue weighted by Crippen LogP contribution is -2.11. The van der Waals surface area contributed by atoms with E-state index in [-0.39, 0.29) is 5.56 Å². The van der Waals surface area contributed by atoms with Gasteiger partial charge >= 0.3 is 0 Å². The van der Waals surface area contributed by atoms with E-state index in [1.807, 2.05) is 12.1 Å². The Morgan fingerprint density at radius 2 is 2.00 bits per heavy atom. The Kier molecular flexibility index (Phi) is 3.76. The number of nitrogens with one attached hydrogen (secondary N) is 1. The molecular formula is C18H18N2O3S. The van der Waals surface area contributed by atoms with Crippen molar-refractivity contribution in [3.63, 3.8) is 0 Å². The number of hydrogen-bond acceptors (Lipinski definition) is 5. The van der Waals surface area contributed by atoms with E-state index in [4.69, 9.17) is 14.5 Å². The van der Waals surface area contributed by atoms with E-state index in [1.54, 1.807) is 31.6 Å². The molecule has 0 amide bonds. The van der Waals surface area contributed by atoms with Crippen molar-refractivity contribution in [2.45, 2.75) is 25.7 Å². The molecule has 0 spiro atoms. The molecule has 2 heterocycles. The number of methoxy groups -OCH3 is 2. The van der Waals surface area contributed by atoms with Crippen LogP contribution in [0.4, 0.5) is 0 Å². The van der Waals surface area contributed by atoms with Crippen LogP contribution in [0, 0.1) is 0 Å². The molecule has 24 heavy (non-hydrogen) atoms. The van der Waals surface area contributed by atoms with Crippen LogP contribution in [0.2, 0.25) is 0 Å². The molecule has 0 radical (unpaired) electrons. The maximum Gasteiger partial charge on any atom is 0.260 e. The Bertz CT molecular complexity index is 974. The van der Waals surface area contributed by atoms with Crippen molar-refractivity contribution in [3.05, 3.63) is 39.0 Å². The normalized spacial score (nSPS) is 13.8. The molecule has 1 N–H and O–H groups in total. The first kappa shape index (κ1) is 15.2. The summed E-state index contributed by atoms with van der Waals surface area (Å²) in [7, 11) is 3.20. The fraction of sp³-hybridized carbons (Fsp3) is 0.333. The third kappa shape index (κ3) is 2.38. The standard InChI is InChI=1S/C18H18N2O3S/c1-22-10-7-8-11(13(9-10)23-2)16-19-17(21)15-12-5-3-4-6-14(12)24-18(15)20-16/h7-9H,3-6H2,1-2H3,(H,19,20,21). The van der Waals surface area contributed by atoms with E-state index in [1.165, 1.54) is 16.9 Å². The number of fused-ring (bicyclic) bond motifs is 3. The third-order valence-corrected chi connectivity index (χ3v) is 5.67. The van der Waals surface area contributed by atoms with Crippen molar-refractivity contribution in [1.29, 1.82) is 0 Å². The van der Waals surface area contributed by atoms with Gasteiger partial charge in [-0.05, 0) is 43.4 Å². The Morgan fingerprint density at radius 3 is 2.79 bits per heavy atom. The molecule has 2 aromatic heterocycles. The minimum Gasteiger partial charge on any atom is -0.497 e. The molecule has 0 bridgehead atoms. The third-order valence-electron chi connectivity index (χ3n) is 4.49. The summed E-state index contributed by atoms with van der Waals surface area (Å²) in [6.07, 6.45) is 4.37. The summed E-state index contributed by atoms with van der Waals surface area (Å²) in [5.41, 5.74) is 1.89. The Hall–Kier alpha value is -2.34. The van der Waals surface area contributed by atoms with Crippen LogP contribution in [-0.2, 0) is 12.8 Å². The van der Waals surface area contributed by atoms with E-state index in [2.05, 4.69) is 4.98 Å². The summed E-state index contributed by atoms with van der Waals surface area (Å²) < 4.78 is 10.7. The topological polar surface area (TPSA) is 64.2 Å². The molecule has 1 aliphatic rings. The molecular weight excluding hydrogens is 324 g/mol. The van der Waals surface area contributed by atoms with Crippen molar-refractivity contribution < 1.29 is 9.47 Å². The SMILES string of the molecule is COc1ccc(-c2nc3sc4c(c3c(=O)[nH]2)CCCC4)c(OC)c1. The second kappa shape index (κ2) is 5.94. The molecule has 0 fully saturated rings. The molecule has 0 atom stereocenters. The summed E-state index contributed by atoms with van der Waals surface area (Å²) in [6.45, 7) is 0. The first-order valence-corrected chi connectivity index (χ1v) is 8.80. The van der Waals surface area contributed by atoms with Crippen molar-refractivity contribution in [1.82, 2.24) is 9.97 Å². The van der Waals surface area contributed by atoms with Crippen molar-refractivity contribution in [2.24, 2.45) is 0 Å². The van der Waals surface area contributed by atoms with E-state index in [0.29, 0.717) is 17.3 Å². The first-order chi connectivity index (χ1) is 11.7. The average molecular weight is 342 g/mol. The van der Waals surface area contributed by atoms with Crippen LogP contribution in [0.3, 0.4) is 0 Å². The number of aromatic nitrogens is 2. The fourth-order valence-electron chi connectivity index (χ4n) is 3.29. The zero-order chi connectivity index (χ0) is 16.7. The van der Waals surface area contributed by atoms with Gasteiger partial charge < -0.3 is 14.5 Å². The lowest BCUT2D eigenvalue weighted by Gasteiger charge is -2.10. The van der Waals surface area contributed by atoms with Gasteiger partial charge in [-0.3, -0.25) is 4.79 Å². The average Bonchev–Trinajstić information content (AvgIpc) is 2.99. The quantitative estimate of drug-likeness (QED) is 0.791. The predicted octanol–water partition coefficient (Wildman–Crippen LogP) is 3.55. The second-order valence-electron chi connectivity index (χ2n) is 5.87. The zero-order valence-electron chi connectivity index (χ0n) is 13.6. The van der Waals surface area contributed by atoms with Gasteiger partial charge in [0, 0.05) is 10.9 Å². The molecule has 4 rings (SSSR count). The fourth-order valence-corrected chi connectivity index (χ4v) is 4.55. The lowest BCUT2D eigenvalue weighted by molar-refractivity contribution is 0.395. The number of aryl methyl sites for hydroxylation is 2. The van der Waals surface area contributed by atoms with Crippen LogP contribution >= 0.6 is 11.3 Å². The molecule has 124 valence electrons. The van der Waals surface area contributed by atoms with Crippen LogP contribution in [0.5, 0.6) is 11.5 Å². The number of rotatable bonds is 3. The number of nitrogens with zero attached hydrogens (tertiary/aromatic N) is 1. The minimum atomic E-state index is -0.0627. The molecule has 1 aromatic carbocycles. The van der Waals surface area contributed by atoms with Crippen LogP contribution in [0.25, 0.3) is 21.6 Å². The van der Waals surface area contributed by atoms with Crippen molar-refractivity contribution in [2.75, 3.05) is 14.2 Å². The van der Waals surface area contributed by atoms with Crippen LogP contribution in [0.1, 0.15) is 23.3 Å². The number of thiophene rings is 1. The summed E-state index contributed by atoms with van der Waals surface area (Å²) >= 11 is 1.65. The maximum atomic E-state index is 12.7. The number of H-pyrrole nitrogens is 1. The minimum absolute atomic E-state index is 0.0627. The van der Waals surface area contributed by atoms with Crippen molar-refractivity contribution in [3.8, 4) is 22.9 Å². The Morgan fingerprint density at radius 1 is 1.17 bits per heavy atom. The molecule has 0 aliphatic heterocycles. The van der Waals surface area contributed by atoms with Gasteiger partial charge in [-0.25, -0.2) is 4.98 Å². The maximum absolute atomic E-state index is 12.7. The highest BCUT2D eigenvalue weighted by Gasteiger charge is 2.20. The number of hydrogen-bond donors (Lipinski definition) is 1. The molecule has 0 saturated carbocycles. The Labute approximate surface area is 143 Å². The van der Waals surface area contributed by atoms with Gasteiger partial charge in [-0.1, -0.05) is 0 Å². The summed E-state index contributed by atoms with van der Waals surface area (Å²) in [6, 6.07) is 5.48. The Balaban J connectivity index is 1.91. The summed E-state index contributed by atoms with van der Waals surface area (Å²) in [4.78, 5) is 22.5. The van der Waals surface area contributed by atoms with Gasteiger partial charge in [0.2, 0.25) is 0 Å². The zero-order valence-corrected chi connectivity index (χ0v) is 14.5. The van der Waals surface area contributed by atoms with Crippen LogP contribution in [-0.4, -0.2) is 24.2 Å². The van der Waals surface area contributed by atoms with E-state index in [9.17, 15) is 4.79 Å². The monoisotopic (exact) mass is 342 g/mol. The lowest BCUT2D eigenvalue weighted by atomic mass is 9.97. The highest BCUT2D eigenvalue weighted by Crippen LogP contribution is 2.36. The van der Waals surface area contributed by atoms with Gasteiger partial charge in [0.25, 0.3) is 5.56 Å². The van der Waals surface area contributed by atoms with Gasteiger partial charge in [0.05, 0.1) is 25.2 Å². The largest absolute Gasteiger partial charge is 0.497 e. The van der Waals surface area contributed by atoms with Crippen molar-refractivity contribution >= 4 is 21.6 Å². The highest BCUT2D eigenvalue weighted by molar-refractivity contribution is 7.18. The second-order valence-corrected chi connectivity index (χ2v) is 6.96. The van der Waals surface area contributed by atoms with Gasteiger partial charge in [-0.15, -0.1) is 11.3 Å². The molecule has 3 aromatic rings. The van der Waals surface area contributed by atoms with Gasteiger partial charge in [-0.2, -0.15) is 0 Å². The summed E-state index contributed by atoms with van der Waals surface area (Å²) in [5.74, 6) is 1.86. The number of benzene rings is 1. The molecule has 5 nitrogen and oxygen atoms in total. The summed E-state index contributed by atoms with van der Waals surface area (Å²) in [5, 5.41) is 0.769. The van der Waals surface area contributed by atoms with Crippen LogP contribution < -0.4 is 15.0 Å². The van der Waals surface area contributed by atoms with E-state index >= 15 is 0 Å². The first-order valence-electron chi connectivity index (χ1n) is 7.98. The highest BCUT2D eigenvalue weighted by atomic mass is 32.1. The molecule has 0 unspecified atom stereocenters. The molecule has 0 saturated heterocycles. The molecule has 1 aliphatic carbocycles. The van der Waals surface area contributed by atoms with Gasteiger partial charge in [0.1, 0.15) is 22.2 Å². The number of ether oxygens (including phenoxy) is 2. The number of aromatic amines is 1. The molecule has 6 heteroatoms. The van der Waals surface area contributed by atoms with E-state index in [0.717, 1.165) is 35.0 Å².